The van der Waals surface area contributed by atoms with E-state index >= 15 is 0 Å². The Kier molecular flexibility index (Phi) is 6.84. The molecule has 5 nitrogen and oxygen atoms in total. The minimum atomic E-state index is -3.22. The number of hydrogen-bond acceptors (Lipinski definition) is 4. The second kappa shape index (κ2) is 7.94. The van der Waals surface area contributed by atoms with Gasteiger partial charge in [-0.05, 0) is 43.1 Å². The van der Waals surface area contributed by atoms with Gasteiger partial charge < -0.3 is 10.6 Å². The van der Waals surface area contributed by atoms with Crippen LogP contribution >= 0.6 is 12.4 Å². The topological polar surface area (TPSA) is 75.3 Å². The highest BCUT2D eigenvalue weighted by Crippen LogP contribution is 2.14. The summed E-state index contributed by atoms with van der Waals surface area (Å²) in [5.74, 6) is 0.343. The lowest BCUT2D eigenvalue weighted by Gasteiger charge is -2.30. The van der Waals surface area contributed by atoms with Gasteiger partial charge in [-0.25, -0.2) is 8.42 Å². The standard InChI is InChI=1S/C15H22N2O3S.ClH/c1-3-21(19,20)13-6-4-12(5-7-13)15(18)17-14-10-16-9-8-11(14)2;/h4-7,11,14,16H,3,8-10H2,1-2H3,(H,17,18);1H. The van der Waals surface area contributed by atoms with E-state index in [4.69, 9.17) is 0 Å². The van der Waals surface area contributed by atoms with Crippen LogP contribution in [0, 0.1) is 5.92 Å². The second-order valence-electron chi connectivity index (χ2n) is 5.48. The van der Waals surface area contributed by atoms with Crippen LogP contribution in [-0.2, 0) is 9.84 Å². The molecule has 1 fully saturated rings. The van der Waals surface area contributed by atoms with Gasteiger partial charge in [0.2, 0.25) is 0 Å². The molecule has 7 heteroatoms. The Hall–Kier alpha value is -1.11. The maximum absolute atomic E-state index is 12.2. The highest BCUT2D eigenvalue weighted by atomic mass is 35.5. The van der Waals surface area contributed by atoms with Crippen molar-refractivity contribution >= 4 is 28.2 Å². The Morgan fingerprint density at radius 3 is 2.50 bits per heavy atom. The Morgan fingerprint density at radius 2 is 1.95 bits per heavy atom. The summed E-state index contributed by atoms with van der Waals surface area (Å²) in [6, 6.07) is 6.25. The molecule has 0 aromatic heterocycles. The molecule has 2 rings (SSSR count). The molecule has 1 amide bonds. The molecule has 1 aromatic rings. The van der Waals surface area contributed by atoms with Crippen molar-refractivity contribution in [3.05, 3.63) is 29.8 Å². The van der Waals surface area contributed by atoms with Crippen LogP contribution in [-0.4, -0.2) is 39.2 Å². The number of amides is 1. The molecule has 0 bridgehead atoms. The predicted molar refractivity (Wildman–Crippen MR) is 89.3 cm³/mol. The van der Waals surface area contributed by atoms with E-state index in [0.29, 0.717) is 11.5 Å². The first kappa shape index (κ1) is 18.9. The first-order chi connectivity index (χ1) is 9.94. The quantitative estimate of drug-likeness (QED) is 0.869. The van der Waals surface area contributed by atoms with Crippen molar-refractivity contribution in [3.8, 4) is 0 Å². The molecule has 0 spiro atoms. The summed E-state index contributed by atoms with van der Waals surface area (Å²) in [5, 5.41) is 6.27. The summed E-state index contributed by atoms with van der Waals surface area (Å²) in [5.41, 5.74) is 0.489. The van der Waals surface area contributed by atoms with Gasteiger partial charge in [-0.15, -0.1) is 12.4 Å². The van der Waals surface area contributed by atoms with Gasteiger partial charge in [-0.1, -0.05) is 13.8 Å². The number of carbonyl (C=O) groups excluding carboxylic acids is 1. The van der Waals surface area contributed by atoms with Crippen LogP contribution in [0.1, 0.15) is 30.6 Å². The number of benzene rings is 1. The van der Waals surface area contributed by atoms with Crippen molar-refractivity contribution in [3.63, 3.8) is 0 Å². The highest BCUT2D eigenvalue weighted by molar-refractivity contribution is 7.91. The average Bonchev–Trinajstić information content (AvgIpc) is 2.49. The van der Waals surface area contributed by atoms with E-state index < -0.39 is 9.84 Å². The lowest BCUT2D eigenvalue weighted by molar-refractivity contribution is 0.0915. The zero-order valence-electron chi connectivity index (χ0n) is 12.8. The largest absolute Gasteiger partial charge is 0.348 e. The van der Waals surface area contributed by atoms with Gasteiger partial charge in [-0.3, -0.25) is 4.79 Å². The summed E-state index contributed by atoms with van der Waals surface area (Å²) in [4.78, 5) is 12.5. The van der Waals surface area contributed by atoms with Crippen molar-refractivity contribution in [2.45, 2.75) is 31.2 Å². The Bertz CT molecular complexity index is 602. The SMILES string of the molecule is CCS(=O)(=O)c1ccc(C(=O)NC2CNCCC2C)cc1.Cl. The molecule has 1 heterocycles. The summed E-state index contributed by atoms with van der Waals surface area (Å²) >= 11 is 0. The minimum Gasteiger partial charge on any atom is -0.348 e. The van der Waals surface area contributed by atoms with Gasteiger partial charge in [0.25, 0.3) is 5.91 Å². The van der Waals surface area contributed by atoms with Crippen LogP contribution in [0.2, 0.25) is 0 Å². The first-order valence-electron chi connectivity index (χ1n) is 7.28. The van der Waals surface area contributed by atoms with Gasteiger partial charge >= 0.3 is 0 Å². The molecule has 1 aliphatic heterocycles. The number of hydrogen-bond donors (Lipinski definition) is 2. The lowest BCUT2D eigenvalue weighted by atomic mass is 9.94. The van der Waals surface area contributed by atoms with Crippen LogP contribution in [0.15, 0.2) is 29.2 Å². The fraction of sp³-hybridized carbons (Fsp3) is 0.533. The van der Waals surface area contributed by atoms with E-state index in [9.17, 15) is 13.2 Å². The van der Waals surface area contributed by atoms with E-state index in [2.05, 4.69) is 17.6 Å². The molecule has 1 aliphatic rings. The van der Waals surface area contributed by atoms with E-state index in [1.165, 1.54) is 12.1 Å². The maximum Gasteiger partial charge on any atom is 0.251 e. The number of halogens is 1. The van der Waals surface area contributed by atoms with E-state index in [1.54, 1.807) is 19.1 Å². The molecule has 22 heavy (non-hydrogen) atoms. The smallest absolute Gasteiger partial charge is 0.251 e. The van der Waals surface area contributed by atoms with Gasteiger partial charge in [-0.2, -0.15) is 0 Å². The van der Waals surface area contributed by atoms with E-state index in [-0.39, 0.29) is 35.0 Å². The van der Waals surface area contributed by atoms with Crippen molar-refractivity contribution in [2.75, 3.05) is 18.8 Å². The normalized spacial score (nSPS) is 21.7. The Labute approximate surface area is 138 Å². The van der Waals surface area contributed by atoms with Crippen LogP contribution < -0.4 is 10.6 Å². The van der Waals surface area contributed by atoms with Gasteiger partial charge in [0.1, 0.15) is 0 Å². The van der Waals surface area contributed by atoms with E-state index in [1.807, 2.05) is 0 Å². The molecule has 2 unspecified atom stereocenters. The molecular formula is C15H23ClN2O3S. The number of carbonyl (C=O) groups is 1. The Balaban J connectivity index is 0.00000242. The third-order valence-corrected chi connectivity index (χ3v) is 5.75. The zero-order valence-corrected chi connectivity index (χ0v) is 14.5. The second-order valence-corrected chi connectivity index (χ2v) is 7.76. The van der Waals surface area contributed by atoms with Crippen molar-refractivity contribution in [1.29, 1.82) is 0 Å². The van der Waals surface area contributed by atoms with Crippen molar-refractivity contribution in [2.24, 2.45) is 5.92 Å². The molecule has 2 atom stereocenters. The molecule has 1 saturated heterocycles. The highest BCUT2D eigenvalue weighted by Gasteiger charge is 2.23. The maximum atomic E-state index is 12.2. The molecular weight excluding hydrogens is 324 g/mol. The number of rotatable bonds is 4. The molecule has 0 radical (unpaired) electrons. The monoisotopic (exact) mass is 346 g/mol. The molecule has 1 aromatic carbocycles. The third kappa shape index (κ3) is 4.44. The minimum absolute atomic E-state index is 0. The molecule has 0 aliphatic carbocycles. The van der Waals surface area contributed by atoms with Crippen LogP contribution in [0.3, 0.4) is 0 Å². The summed E-state index contributed by atoms with van der Waals surface area (Å²) < 4.78 is 23.5. The van der Waals surface area contributed by atoms with Crippen LogP contribution in [0.25, 0.3) is 0 Å². The number of sulfone groups is 1. The zero-order chi connectivity index (χ0) is 15.5. The first-order valence-corrected chi connectivity index (χ1v) is 8.93. The summed E-state index contributed by atoms with van der Waals surface area (Å²) in [6.45, 7) is 5.49. The molecule has 0 saturated carbocycles. The fourth-order valence-corrected chi connectivity index (χ4v) is 3.30. The van der Waals surface area contributed by atoms with E-state index in [0.717, 1.165) is 19.5 Å². The van der Waals surface area contributed by atoms with Gasteiger partial charge in [0.15, 0.2) is 9.84 Å². The van der Waals surface area contributed by atoms with Crippen molar-refractivity contribution in [1.82, 2.24) is 10.6 Å². The third-order valence-electron chi connectivity index (χ3n) is 4.00. The van der Waals surface area contributed by atoms with Crippen molar-refractivity contribution < 1.29 is 13.2 Å². The van der Waals surface area contributed by atoms with Gasteiger partial charge in [0, 0.05) is 18.2 Å². The Morgan fingerprint density at radius 1 is 1.32 bits per heavy atom. The molecule has 124 valence electrons. The van der Waals surface area contributed by atoms with Crippen LogP contribution in [0.4, 0.5) is 0 Å². The number of nitrogens with one attached hydrogen (secondary N) is 2. The predicted octanol–water partition coefficient (Wildman–Crippen LogP) is 1.63. The van der Waals surface area contributed by atoms with Crippen LogP contribution in [0.5, 0.6) is 0 Å². The fourth-order valence-electron chi connectivity index (χ4n) is 2.41. The lowest BCUT2D eigenvalue weighted by Crippen LogP contribution is -2.50. The number of piperidine rings is 1. The van der Waals surface area contributed by atoms with Gasteiger partial charge in [0.05, 0.1) is 10.6 Å². The summed E-state index contributed by atoms with van der Waals surface area (Å²) in [7, 11) is -3.22. The molecule has 2 N–H and O–H groups in total. The average molecular weight is 347 g/mol. The summed E-state index contributed by atoms with van der Waals surface area (Å²) in [6.07, 6.45) is 1.04.